The van der Waals surface area contributed by atoms with Gasteiger partial charge < -0.3 is 5.73 Å². The summed E-state index contributed by atoms with van der Waals surface area (Å²) in [5.41, 5.74) is 7.89. The van der Waals surface area contributed by atoms with Crippen molar-refractivity contribution in [3.05, 3.63) is 59.1 Å². The number of nitrogens with one attached hydrogen (secondary N) is 1. The second kappa shape index (κ2) is 9.32. The molecular formula is C21H22ClN5O2S. The Morgan fingerprint density at radius 1 is 1.10 bits per heavy atom. The number of imide groups is 1. The maximum Gasteiger partial charge on any atom is 0.318 e. The molecule has 3 N–H and O–H groups in total. The molecule has 0 fully saturated rings. The lowest BCUT2D eigenvalue weighted by Gasteiger charge is -2.19. The fourth-order valence-corrected chi connectivity index (χ4v) is 4.13. The van der Waals surface area contributed by atoms with Gasteiger partial charge in [0, 0.05) is 10.6 Å². The van der Waals surface area contributed by atoms with Gasteiger partial charge in [0.1, 0.15) is 0 Å². The van der Waals surface area contributed by atoms with Gasteiger partial charge in [-0.3, -0.25) is 14.7 Å². The topological polar surface area (TPSA) is 103 Å². The Morgan fingerprint density at radius 3 is 2.37 bits per heavy atom. The summed E-state index contributed by atoms with van der Waals surface area (Å²) >= 11 is 7.28. The molecule has 0 saturated carbocycles. The molecule has 9 heteroatoms. The zero-order chi connectivity index (χ0) is 21.8. The SMILES string of the molecule is Cc1ccccc1-n1c(S[C@@H](C(=O)NC(N)=O)C(C)C)nnc1-c1ccc(Cl)cc1. The monoisotopic (exact) mass is 443 g/mol. The third-order valence-electron chi connectivity index (χ3n) is 4.43. The van der Waals surface area contributed by atoms with Crippen LogP contribution in [0.4, 0.5) is 4.79 Å². The molecule has 0 aliphatic carbocycles. The van der Waals surface area contributed by atoms with Gasteiger partial charge in [0.25, 0.3) is 0 Å². The minimum atomic E-state index is -0.881. The number of rotatable bonds is 6. The van der Waals surface area contributed by atoms with E-state index in [2.05, 4.69) is 15.5 Å². The van der Waals surface area contributed by atoms with Crippen LogP contribution >= 0.6 is 23.4 Å². The fraction of sp³-hybridized carbons (Fsp3) is 0.238. The summed E-state index contributed by atoms with van der Waals surface area (Å²) in [7, 11) is 0. The maximum absolute atomic E-state index is 12.5. The number of amides is 3. The van der Waals surface area contributed by atoms with Crippen LogP contribution in [0.3, 0.4) is 0 Å². The number of carbonyl (C=O) groups is 2. The lowest BCUT2D eigenvalue weighted by Crippen LogP contribution is -2.42. The van der Waals surface area contributed by atoms with E-state index in [0.29, 0.717) is 16.0 Å². The van der Waals surface area contributed by atoms with E-state index in [0.717, 1.165) is 16.8 Å². The first-order chi connectivity index (χ1) is 14.3. The molecule has 156 valence electrons. The Morgan fingerprint density at radius 2 is 1.77 bits per heavy atom. The van der Waals surface area contributed by atoms with Crippen LogP contribution in [0, 0.1) is 12.8 Å². The zero-order valence-corrected chi connectivity index (χ0v) is 18.4. The van der Waals surface area contributed by atoms with E-state index < -0.39 is 17.2 Å². The van der Waals surface area contributed by atoms with Crippen LogP contribution in [-0.2, 0) is 4.79 Å². The van der Waals surface area contributed by atoms with Crippen LogP contribution < -0.4 is 11.1 Å². The van der Waals surface area contributed by atoms with Gasteiger partial charge >= 0.3 is 6.03 Å². The number of carbonyl (C=O) groups excluding carboxylic acids is 2. The van der Waals surface area contributed by atoms with Gasteiger partial charge in [0.15, 0.2) is 11.0 Å². The minimum absolute atomic E-state index is 0.0737. The fourth-order valence-electron chi connectivity index (χ4n) is 2.96. The molecule has 0 unspecified atom stereocenters. The standard InChI is InChI=1S/C21H22ClN5O2S/c1-12(2)17(19(28)24-20(23)29)30-21-26-25-18(14-8-10-15(22)11-9-14)27(21)16-7-5-4-6-13(16)3/h4-12,17H,1-3H3,(H3,23,24,28,29)/t17-/m1/s1. The maximum atomic E-state index is 12.5. The van der Waals surface area contributed by atoms with Crippen molar-refractivity contribution in [3.63, 3.8) is 0 Å². The van der Waals surface area contributed by atoms with Gasteiger partial charge in [0.2, 0.25) is 5.91 Å². The van der Waals surface area contributed by atoms with Crippen molar-refractivity contribution < 1.29 is 9.59 Å². The Hall–Kier alpha value is -2.84. The molecule has 3 aromatic rings. The van der Waals surface area contributed by atoms with Gasteiger partial charge in [-0.05, 0) is 48.7 Å². The lowest BCUT2D eigenvalue weighted by molar-refractivity contribution is -0.120. The number of nitrogens with two attached hydrogens (primary N) is 1. The van der Waals surface area contributed by atoms with Crippen LogP contribution in [-0.4, -0.2) is 32.0 Å². The Balaban J connectivity index is 2.10. The van der Waals surface area contributed by atoms with Crippen LogP contribution in [0.5, 0.6) is 0 Å². The van der Waals surface area contributed by atoms with E-state index in [-0.39, 0.29) is 5.92 Å². The second-order valence-electron chi connectivity index (χ2n) is 7.07. The number of nitrogens with zero attached hydrogens (tertiary/aromatic N) is 3. The Bertz CT molecular complexity index is 1070. The van der Waals surface area contributed by atoms with Gasteiger partial charge in [-0.1, -0.05) is 55.4 Å². The molecule has 1 heterocycles. The molecule has 0 saturated heterocycles. The average Bonchev–Trinajstić information content (AvgIpc) is 3.09. The molecule has 0 spiro atoms. The number of urea groups is 1. The minimum Gasteiger partial charge on any atom is -0.351 e. The van der Waals surface area contributed by atoms with Crippen molar-refractivity contribution >= 4 is 35.3 Å². The van der Waals surface area contributed by atoms with E-state index in [1.165, 1.54) is 11.8 Å². The highest BCUT2D eigenvalue weighted by molar-refractivity contribution is 8.00. The summed E-state index contributed by atoms with van der Waals surface area (Å²) in [4.78, 5) is 23.7. The number of primary amides is 1. The smallest absolute Gasteiger partial charge is 0.318 e. The highest BCUT2D eigenvalue weighted by Crippen LogP contribution is 2.33. The lowest BCUT2D eigenvalue weighted by atomic mass is 10.1. The molecule has 0 aliphatic rings. The average molecular weight is 444 g/mol. The molecule has 0 bridgehead atoms. The van der Waals surface area contributed by atoms with Gasteiger partial charge in [-0.2, -0.15) is 0 Å². The van der Waals surface area contributed by atoms with E-state index in [1.807, 2.05) is 61.7 Å². The summed E-state index contributed by atoms with van der Waals surface area (Å²) in [5, 5.41) is 11.5. The van der Waals surface area contributed by atoms with Crippen LogP contribution in [0.1, 0.15) is 19.4 Å². The van der Waals surface area contributed by atoms with Crippen LogP contribution in [0.15, 0.2) is 53.7 Å². The molecule has 7 nitrogen and oxygen atoms in total. The third kappa shape index (κ3) is 4.83. The van der Waals surface area contributed by atoms with E-state index in [1.54, 1.807) is 12.1 Å². The van der Waals surface area contributed by atoms with Crippen molar-refractivity contribution in [1.29, 1.82) is 0 Å². The first-order valence-corrected chi connectivity index (χ1v) is 10.6. The Kier molecular flexibility index (Phi) is 6.79. The van der Waals surface area contributed by atoms with Gasteiger partial charge in [-0.25, -0.2) is 4.79 Å². The van der Waals surface area contributed by atoms with Crippen LogP contribution in [0.2, 0.25) is 5.02 Å². The number of thioether (sulfide) groups is 1. The zero-order valence-electron chi connectivity index (χ0n) is 16.8. The van der Waals surface area contributed by atoms with Crippen molar-refractivity contribution in [3.8, 4) is 17.1 Å². The second-order valence-corrected chi connectivity index (χ2v) is 8.62. The van der Waals surface area contributed by atoms with E-state index >= 15 is 0 Å². The summed E-state index contributed by atoms with van der Waals surface area (Å²) in [6, 6.07) is 14.3. The molecule has 3 amide bonds. The normalized spacial score (nSPS) is 12.0. The Labute approximate surface area is 184 Å². The van der Waals surface area contributed by atoms with Crippen molar-refractivity contribution in [2.75, 3.05) is 0 Å². The molecule has 0 radical (unpaired) electrons. The third-order valence-corrected chi connectivity index (χ3v) is 6.17. The summed E-state index contributed by atoms with van der Waals surface area (Å²) in [6.07, 6.45) is 0. The predicted molar refractivity (Wildman–Crippen MR) is 119 cm³/mol. The molecule has 1 aromatic heterocycles. The summed E-state index contributed by atoms with van der Waals surface area (Å²) < 4.78 is 1.91. The molecule has 1 atom stereocenters. The summed E-state index contributed by atoms with van der Waals surface area (Å²) in [6.45, 7) is 5.79. The number of para-hydroxylation sites is 1. The molecular weight excluding hydrogens is 422 g/mol. The highest BCUT2D eigenvalue weighted by Gasteiger charge is 2.28. The highest BCUT2D eigenvalue weighted by atomic mass is 35.5. The first kappa shape index (κ1) is 21.9. The largest absolute Gasteiger partial charge is 0.351 e. The number of hydrogen-bond donors (Lipinski definition) is 2. The number of halogens is 1. The molecule has 2 aromatic carbocycles. The number of benzene rings is 2. The molecule has 3 rings (SSSR count). The number of hydrogen-bond acceptors (Lipinski definition) is 5. The van der Waals surface area contributed by atoms with Gasteiger partial charge in [-0.15, -0.1) is 10.2 Å². The molecule has 0 aliphatic heterocycles. The summed E-state index contributed by atoms with van der Waals surface area (Å²) in [5.74, 6) is 0.0894. The van der Waals surface area contributed by atoms with Gasteiger partial charge in [0.05, 0.1) is 10.9 Å². The van der Waals surface area contributed by atoms with Crippen molar-refractivity contribution in [1.82, 2.24) is 20.1 Å². The van der Waals surface area contributed by atoms with E-state index in [4.69, 9.17) is 17.3 Å². The number of aromatic nitrogens is 3. The predicted octanol–water partition coefficient (Wildman–Crippen LogP) is 4.21. The van der Waals surface area contributed by atoms with Crippen molar-refractivity contribution in [2.24, 2.45) is 11.7 Å². The van der Waals surface area contributed by atoms with Crippen molar-refractivity contribution in [2.45, 2.75) is 31.2 Å². The number of aryl methyl sites for hydroxylation is 1. The first-order valence-electron chi connectivity index (χ1n) is 9.32. The quantitative estimate of drug-likeness (QED) is 0.555. The van der Waals surface area contributed by atoms with Crippen LogP contribution in [0.25, 0.3) is 17.1 Å². The molecule has 30 heavy (non-hydrogen) atoms. The van der Waals surface area contributed by atoms with E-state index in [9.17, 15) is 9.59 Å².